The molecule has 0 aliphatic carbocycles. The molecule has 0 fully saturated rings. The Morgan fingerprint density at radius 2 is 1.90 bits per heavy atom. The standard InChI is InChI=1S/C18H26FN5O3S2/c1-9(2)13-11(19)7-21-14(10(3)4)15(13)23-16(25)24-29(20,27)17-22-8-12(28-17)18(5,6)26/h7-10,26H,1-6H3,(H3,20,23,24,25,27). The number of amides is 2. The number of nitrogens with one attached hydrogen (secondary N) is 1. The number of hydrogen-bond acceptors (Lipinski definition) is 6. The van der Waals surface area contributed by atoms with Gasteiger partial charge in [0.2, 0.25) is 4.34 Å². The van der Waals surface area contributed by atoms with Crippen LogP contribution in [0.2, 0.25) is 0 Å². The van der Waals surface area contributed by atoms with Gasteiger partial charge in [0.1, 0.15) is 5.82 Å². The lowest BCUT2D eigenvalue weighted by Crippen LogP contribution is -2.20. The van der Waals surface area contributed by atoms with Gasteiger partial charge in [0.25, 0.3) is 0 Å². The number of hydrogen-bond donors (Lipinski definition) is 3. The van der Waals surface area contributed by atoms with Crippen molar-refractivity contribution in [1.82, 2.24) is 9.97 Å². The largest absolute Gasteiger partial charge is 0.385 e. The van der Waals surface area contributed by atoms with Gasteiger partial charge in [0.15, 0.2) is 9.92 Å². The van der Waals surface area contributed by atoms with Crippen molar-refractivity contribution in [1.29, 1.82) is 0 Å². The number of aromatic nitrogens is 2. The van der Waals surface area contributed by atoms with Crippen molar-refractivity contribution in [3.63, 3.8) is 0 Å². The number of urea groups is 1. The number of anilines is 1. The van der Waals surface area contributed by atoms with Crippen molar-refractivity contribution in [2.24, 2.45) is 9.50 Å². The third kappa shape index (κ3) is 5.35. The second-order valence-corrected chi connectivity index (χ2v) is 10.7. The molecule has 2 amide bonds. The number of aliphatic hydroxyl groups is 1. The highest BCUT2D eigenvalue weighted by Crippen LogP contribution is 2.33. The van der Waals surface area contributed by atoms with E-state index in [-0.39, 0.29) is 27.4 Å². The minimum Gasteiger partial charge on any atom is -0.385 e. The molecule has 29 heavy (non-hydrogen) atoms. The van der Waals surface area contributed by atoms with Gasteiger partial charge in [-0.15, -0.1) is 15.7 Å². The molecule has 2 heterocycles. The molecule has 2 aromatic heterocycles. The molecule has 0 aliphatic rings. The first kappa shape index (κ1) is 23.3. The molecule has 0 saturated heterocycles. The number of rotatable bonds is 5. The molecule has 2 rings (SSSR count). The minimum absolute atomic E-state index is 0.0877. The lowest BCUT2D eigenvalue weighted by atomic mass is 9.96. The molecular weight excluding hydrogens is 417 g/mol. The number of nitrogens with two attached hydrogens (primary N) is 1. The second kappa shape index (κ2) is 8.42. The van der Waals surface area contributed by atoms with E-state index < -0.39 is 27.4 Å². The Labute approximate surface area is 174 Å². The van der Waals surface area contributed by atoms with Gasteiger partial charge in [0, 0.05) is 11.8 Å². The average molecular weight is 444 g/mol. The zero-order valence-electron chi connectivity index (χ0n) is 17.2. The maximum Gasteiger partial charge on any atom is 0.355 e. The van der Waals surface area contributed by atoms with E-state index in [1.165, 1.54) is 6.20 Å². The number of halogens is 1. The Hall–Kier alpha value is -1.95. The monoisotopic (exact) mass is 443 g/mol. The number of pyridine rings is 1. The molecule has 1 atom stereocenters. The van der Waals surface area contributed by atoms with E-state index in [4.69, 9.17) is 5.14 Å². The fourth-order valence-electron chi connectivity index (χ4n) is 2.62. The third-order valence-corrected chi connectivity index (χ3v) is 7.13. The summed E-state index contributed by atoms with van der Waals surface area (Å²) in [6, 6.07) is -0.992. The molecule has 8 nitrogen and oxygen atoms in total. The predicted molar refractivity (Wildman–Crippen MR) is 112 cm³/mol. The van der Waals surface area contributed by atoms with Crippen molar-refractivity contribution >= 4 is 33.0 Å². The van der Waals surface area contributed by atoms with E-state index in [2.05, 4.69) is 19.6 Å². The van der Waals surface area contributed by atoms with Crippen LogP contribution in [0.5, 0.6) is 0 Å². The highest BCUT2D eigenvalue weighted by atomic mass is 32.2. The van der Waals surface area contributed by atoms with Crippen LogP contribution in [-0.2, 0) is 15.5 Å². The van der Waals surface area contributed by atoms with Crippen LogP contribution in [0.4, 0.5) is 14.9 Å². The fourth-order valence-corrected chi connectivity index (χ4v) is 4.70. The topological polar surface area (TPSA) is 131 Å². The molecule has 0 radical (unpaired) electrons. The Bertz CT molecular complexity index is 1030. The molecule has 0 aromatic carbocycles. The molecular formula is C18H26FN5O3S2. The van der Waals surface area contributed by atoms with E-state index >= 15 is 0 Å². The van der Waals surface area contributed by atoms with Crippen LogP contribution < -0.4 is 10.5 Å². The number of nitrogens with zero attached hydrogens (tertiary/aromatic N) is 3. The van der Waals surface area contributed by atoms with E-state index in [9.17, 15) is 18.5 Å². The van der Waals surface area contributed by atoms with Gasteiger partial charge < -0.3 is 10.4 Å². The number of thiazole rings is 1. The SMILES string of the molecule is CC(C)c1ncc(F)c(C(C)C)c1NC(=O)N=S(N)(=O)c1ncc(C(C)(C)O)s1. The van der Waals surface area contributed by atoms with E-state index in [1.807, 2.05) is 13.8 Å². The second-order valence-electron chi connectivity index (χ2n) is 7.73. The van der Waals surface area contributed by atoms with E-state index in [0.717, 1.165) is 17.5 Å². The van der Waals surface area contributed by atoms with E-state index in [1.54, 1.807) is 27.7 Å². The maximum atomic E-state index is 14.4. The zero-order valence-corrected chi connectivity index (χ0v) is 18.8. The Morgan fingerprint density at radius 3 is 2.38 bits per heavy atom. The quantitative estimate of drug-likeness (QED) is 0.641. The first-order valence-electron chi connectivity index (χ1n) is 8.97. The van der Waals surface area contributed by atoms with Crippen LogP contribution in [0.25, 0.3) is 0 Å². The fraction of sp³-hybridized carbons (Fsp3) is 0.500. The normalized spacial score (nSPS) is 14.2. The van der Waals surface area contributed by atoms with Crippen molar-refractivity contribution in [2.75, 3.05) is 5.32 Å². The summed E-state index contributed by atoms with van der Waals surface area (Å²) in [5.41, 5.74) is -0.218. The third-order valence-electron chi connectivity index (χ3n) is 4.01. The van der Waals surface area contributed by atoms with Gasteiger partial charge in [-0.2, -0.15) is 0 Å². The zero-order chi connectivity index (χ0) is 22.1. The van der Waals surface area contributed by atoms with Crippen LogP contribution >= 0.6 is 11.3 Å². The minimum atomic E-state index is -3.65. The maximum absolute atomic E-state index is 14.4. The van der Waals surface area contributed by atoms with E-state index in [0.29, 0.717) is 10.6 Å². The van der Waals surface area contributed by atoms with Crippen molar-refractivity contribution < 1.29 is 18.5 Å². The van der Waals surface area contributed by atoms with Gasteiger partial charge >= 0.3 is 6.03 Å². The van der Waals surface area contributed by atoms with Gasteiger partial charge in [-0.05, 0) is 25.7 Å². The molecule has 11 heteroatoms. The van der Waals surface area contributed by atoms with Crippen molar-refractivity contribution in [2.45, 2.75) is 63.3 Å². The Kier molecular flexibility index (Phi) is 6.78. The molecule has 0 aliphatic heterocycles. The molecule has 160 valence electrons. The van der Waals surface area contributed by atoms with Gasteiger partial charge in [0.05, 0.1) is 28.1 Å². The summed E-state index contributed by atoms with van der Waals surface area (Å²) in [7, 11) is -3.65. The molecule has 0 saturated carbocycles. The highest BCUT2D eigenvalue weighted by molar-refractivity contribution is 7.93. The summed E-state index contributed by atoms with van der Waals surface area (Å²) in [6.07, 6.45) is 2.46. The van der Waals surface area contributed by atoms with Crippen LogP contribution in [0.3, 0.4) is 0 Å². The van der Waals surface area contributed by atoms with Gasteiger partial charge in [-0.1, -0.05) is 27.7 Å². The smallest absolute Gasteiger partial charge is 0.355 e. The molecule has 0 bridgehead atoms. The molecule has 0 spiro atoms. The number of carbonyl (C=O) groups excluding carboxylic acids is 1. The summed E-state index contributed by atoms with van der Waals surface area (Å²) in [5.74, 6) is -0.886. The Morgan fingerprint density at radius 1 is 1.28 bits per heavy atom. The highest BCUT2D eigenvalue weighted by Gasteiger charge is 2.24. The van der Waals surface area contributed by atoms with Crippen LogP contribution in [0.1, 0.15) is 69.5 Å². The predicted octanol–water partition coefficient (Wildman–Crippen LogP) is 4.08. The van der Waals surface area contributed by atoms with Crippen LogP contribution in [0, 0.1) is 5.82 Å². The first-order valence-corrected chi connectivity index (χ1v) is 11.4. The van der Waals surface area contributed by atoms with Crippen LogP contribution in [0.15, 0.2) is 21.1 Å². The first-order chi connectivity index (χ1) is 13.2. The van der Waals surface area contributed by atoms with Gasteiger partial charge in [-0.3, -0.25) is 4.98 Å². The van der Waals surface area contributed by atoms with Crippen molar-refractivity contribution in [3.8, 4) is 0 Å². The van der Waals surface area contributed by atoms with Gasteiger partial charge in [-0.25, -0.2) is 23.5 Å². The summed E-state index contributed by atoms with van der Waals surface area (Å²) in [4.78, 5) is 21.0. The molecule has 2 aromatic rings. The summed E-state index contributed by atoms with van der Waals surface area (Å²) in [6.45, 7) is 10.4. The lowest BCUT2D eigenvalue weighted by Gasteiger charge is -2.19. The number of carbonyl (C=O) groups is 1. The average Bonchev–Trinajstić information content (AvgIpc) is 3.04. The summed E-state index contributed by atoms with van der Waals surface area (Å²) < 4.78 is 30.6. The van der Waals surface area contributed by atoms with Crippen molar-refractivity contribution in [3.05, 3.63) is 34.3 Å². The lowest BCUT2D eigenvalue weighted by molar-refractivity contribution is 0.0823. The van der Waals surface area contributed by atoms with Crippen LogP contribution in [-0.4, -0.2) is 25.3 Å². The molecule has 4 N–H and O–H groups in total. The summed E-state index contributed by atoms with van der Waals surface area (Å²) in [5, 5.41) is 18.3. The molecule has 1 unspecified atom stereocenters. The summed E-state index contributed by atoms with van der Waals surface area (Å²) >= 11 is 0.906. The Balaban J connectivity index is 2.46.